The van der Waals surface area contributed by atoms with E-state index >= 15 is 0 Å². The molecule has 0 bridgehead atoms. The molecule has 4 heterocycles. The van der Waals surface area contributed by atoms with Crippen LogP contribution in [0, 0.1) is 23.7 Å². The Labute approximate surface area is 467 Å². The molecule has 14 unspecified atom stereocenters. The number of hydrogen-bond acceptors (Lipinski definition) is 28. The number of allylic oxidation sites excluding steroid dienone is 2. The lowest BCUT2D eigenvalue weighted by Crippen LogP contribution is -2.66. The van der Waals surface area contributed by atoms with Crippen LogP contribution >= 0.6 is 0 Å². The number of ether oxygens (including phenoxy) is 11. The minimum atomic E-state index is -2.08. The molecule has 81 heavy (non-hydrogen) atoms. The molecule has 4 saturated carbocycles. The van der Waals surface area contributed by atoms with Crippen LogP contribution in [0.1, 0.15) is 70.6 Å². The van der Waals surface area contributed by atoms with E-state index in [1.54, 1.807) is 12.2 Å². The van der Waals surface area contributed by atoms with Crippen LogP contribution in [0.3, 0.4) is 0 Å². The van der Waals surface area contributed by atoms with Crippen molar-refractivity contribution in [2.45, 2.75) is 236 Å². The number of methoxy groups -OCH3 is 2. The summed E-state index contributed by atoms with van der Waals surface area (Å²) in [4.78, 5) is 26.1. The second-order valence-corrected chi connectivity index (χ2v) is 23.0. The van der Waals surface area contributed by atoms with Gasteiger partial charge in [-0.3, -0.25) is 0 Å². The molecule has 8 aliphatic rings. The van der Waals surface area contributed by atoms with E-state index in [1.807, 2.05) is 0 Å². The van der Waals surface area contributed by atoms with Crippen LogP contribution in [-0.4, -0.2) is 288 Å². The molecule has 15 N–H and O–H groups in total. The molecule has 0 aromatic heterocycles. The summed E-state index contributed by atoms with van der Waals surface area (Å²) in [6, 6.07) is 0. The molecule has 4 saturated heterocycles. The summed E-state index contributed by atoms with van der Waals surface area (Å²) >= 11 is 0. The Hall–Kier alpha value is -2.54. The summed E-state index contributed by atoms with van der Waals surface area (Å²) in [5, 5.41) is 163. The van der Waals surface area contributed by atoms with E-state index in [9.17, 15) is 86.2 Å². The number of carbonyl (C=O) groups excluding carboxylic acids is 2. The fourth-order valence-electron chi connectivity index (χ4n) is 12.7. The van der Waals surface area contributed by atoms with Gasteiger partial charge in [-0.05, 0) is 82.0 Å². The third kappa shape index (κ3) is 15.4. The van der Waals surface area contributed by atoms with Crippen molar-refractivity contribution in [3.8, 4) is 0 Å². The van der Waals surface area contributed by atoms with Crippen molar-refractivity contribution in [2.24, 2.45) is 23.7 Å². The molecular weight excluding hydrogens is 1080 g/mol. The van der Waals surface area contributed by atoms with Gasteiger partial charge in [-0.2, -0.15) is 0 Å². The maximum Gasteiger partial charge on any atom is 0.330 e. The predicted octanol–water partition coefficient (Wildman–Crippen LogP) is -5.83. The maximum atomic E-state index is 13.2. The van der Waals surface area contributed by atoms with Crippen molar-refractivity contribution in [1.29, 1.82) is 0 Å². The average Bonchev–Trinajstić information content (AvgIpc) is 3.65. The second kappa shape index (κ2) is 28.8. The van der Waals surface area contributed by atoms with Gasteiger partial charge in [-0.15, -0.1) is 0 Å². The van der Waals surface area contributed by atoms with E-state index in [2.05, 4.69) is 0 Å². The zero-order valence-corrected chi connectivity index (χ0v) is 45.1. The normalized spacial score (nSPS) is 49.1. The highest BCUT2D eigenvalue weighted by molar-refractivity contribution is 5.82. The van der Waals surface area contributed by atoms with Gasteiger partial charge in [-0.1, -0.05) is 12.2 Å². The molecule has 4 aliphatic heterocycles. The highest BCUT2D eigenvalue weighted by atomic mass is 16.8. The Kier molecular flexibility index (Phi) is 22.9. The molecule has 8 rings (SSSR count). The summed E-state index contributed by atoms with van der Waals surface area (Å²) in [6.45, 7) is -2.16. The van der Waals surface area contributed by atoms with Gasteiger partial charge in [0.25, 0.3) is 0 Å². The second-order valence-electron chi connectivity index (χ2n) is 23.0. The Balaban J connectivity index is 1.05. The molecule has 8 fully saturated rings. The van der Waals surface area contributed by atoms with Crippen LogP contribution in [0.15, 0.2) is 24.3 Å². The predicted molar refractivity (Wildman–Crippen MR) is 267 cm³/mol. The van der Waals surface area contributed by atoms with Gasteiger partial charge in [0.2, 0.25) is 0 Å². The fraction of sp³-hybridized carbons (Fsp3) is 0.887. The van der Waals surface area contributed by atoms with E-state index in [1.165, 1.54) is 20.3 Å². The lowest BCUT2D eigenvalue weighted by atomic mass is 9.72. The zero-order chi connectivity index (χ0) is 58.6. The summed E-state index contributed by atoms with van der Waals surface area (Å²) < 4.78 is 65.3. The zero-order valence-electron chi connectivity index (χ0n) is 45.1. The highest BCUT2D eigenvalue weighted by Crippen LogP contribution is 2.46. The molecule has 0 amide bonds. The monoisotopic (exact) mass is 1170 g/mol. The molecule has 28 heteroatoms. The van der Waals surface area contributed by atoms with Crippen molar-refractivity contribution in [1.82, 2.24) is 0 Å². The molecule has 0 radical (unpaired) electrons. The Morgan fingerprint density at radius 3 is 1.47 bits per heavy atom. The minimum absolute atomic E-state index is 0.00911. The van der Waals surface area contributed by atoms with Crippen molar-refractivity contribution in [3.63, 3.8) is 0 Å². The van der Waals surface area contributed by atoms with E-state index in [4.69, 9.17) is 52.1 Å². The van der Waals surface area contributed by atoms with Gasteiger partial charge < -0.3 is 129 Å². The number of rotatable bonds is 18. The molecule has 0 spiro atoms. The first kappa shape index (κ1) is 64.5. The number of aliphatic hydroxyl groups excluding tert-OH is 15. The summed E-state index contributed by atoms with van der Waals surface area (Å²) in [6.07, 6.45) is -31.6. The molecule has 0 aromatic carbocycles. The van der Waals surface area contributed by atoms with Crippen LogP contribution in [0.2, 0.25) is 0 Å². The topological polar surface area (TPSA) is 439 Å². The molecule has 4 aliphatic carbocycles. The van der Waals surface area contributed by atoms with Crippen LogP contribution in [0.4, 0.5) is 0 Å². The summed E-state index contributed by atoms with van der Waals surface area (Å²) in [7, 11) is 2.94. The largest absolute Gasteiger partial charge is 0.460 e. The molecule has 0 aromatic rings. The third-order valence-electron chi connectivity index (χ3n) is 17.6. The first-order valence-corrected chi connectivity index (χ1v) is 28.1. The van der Waals surface area contributed by atoms with Crippen LogP contribution in [0.5, 0.6) is 0 Å². The first-order valence-electron chi connectivity index (χ1n) is 28.1. The van der Waals surface area contributed by atoms with Gasteiger partial charge in [0, 0.05) is 38.7 Å². The number of carbonyl (C=O) groups is 2. The van der Waals surface area contributed by atoms with Crippen LogP contribution in [-0.2, 0) is 61.7 Å². The lowest BCUT2D eigenvalue weighted by molar-refractivity contribution is -0.380. The highest BCUT2D eigenvalue weighted by Gasteiger charge is 2.57. The average molecular weight is 1170 g/mol. The Bertz CT molecular complexity index is 2040. The van der Waals surface area contributed by atoms with Crippen LogP contribution < -0.4 is 0 Å². The minimum Gasteiger partial charge on any atom is -0.460 e. The Morgan fingerprint density at radius 1 is 0.457 bits per heavy atom. The smallest absolute Gasteiger partial charge is 0.330 e. The third-order valence-corrected chi connectivity index (χ3v) is 17.6. The maximum absolute atomic E-state index is 13.2. The number of esters is 2. The van der Waals surface area contributed by atoms with Gasteiger partial charge in [0.05, 0.1) is 73.8 Å². The van der Waals surface area contributed by atoms with Crippen LogP contribution in [0.25, 0.3) is 0 Å². The fourth-order valence-corrected chi connectivity index (χ4v) is 12.7. The molecule has 464 valence electrons. The standard InChI is InChI=1S/C53H84O28/c1-71-32-11-21(3-7-26(32)56)5-9-38(60)73-19-36-42(64)45(67)48(70)52(79-36)81-50-46(68)43(65)37(20-74-39(61)10-6-22-4-8-27(57)33(12-22)72-2)80-53(50)77-34-17-25-30(75-49(34)23-13-28(58)40(62)29(59)14-23)15-24(55)16-31(25)76-51-47(69)44(66)41(63)35(18-54)78-51/h5-6,9-10,21-37,40-59,62-70H,3-4,7-8,11-20H2,1-2H3/t21?,22?,23?,24?,25?,26?,27?,28?,29?,30?,31?,32?,33?,34?,35-,36-,37-,40?,41-,42-,43-,44+,45+,46+,47-,48-,49?,50-,51-,52+,53-/m1/s1. The van der Waals surface area contributed by atoms with Gasteiger partial charge in [0.1, 0.15) is 92.6 Å². The van der Waals surface area contributed by atoms with Crippen molar-refractivity contribution < 1.29 is 138 Å². The van der Waals surface area contributed by atoms with Gasteiger partial charge in [-0.25, -0.2) is 9.59 Å². The van der Waals surface area contributed by atoms with Gasteiger partial charge >= 0.3 is 11.9 Å². The Morgan fingerprint density at radius 2 is 0.938 bits per heavy atom. The quantitative estimate of drug-likeness (QED) is 0.0449. The number of hydrogen-bond donors (Lipinski definition) is 15. The van der Waals surface area contributed by atoms with Crippen molar-refractivity contribution >= 4 is 11.9 Å². The summed E-state index contributed by atoms with van der Waals surface area (Å²) in [5.41, 5.74) is 0. The van der Waals surface area contributed by atoms with Crippen molar-refractivity contribution in [2.75, 3.05) is 34.0 Å². The van der Waals surface area contributed by atoms with Gasteiger partial charge in [0.15, 0.2) is 18.9 Å². The van der Waals surface area contributed by atoms with E-state index < -0.39 is 209 Å². The van der Waals surface area contributed by atoms with E-state index in [0.29, 0.717) is 38.5 Å². The molecular formula is C53H84O28. The first-order chi connectivity index (χ1) is 38.6. The summed E-state index contributed by atoms with van der Waals surface area (Å²) in [5.74, 6) is -3.61. The number of fused-ring (bicyclic) bond motifs is 1. The van der Waals surface area contributed by atoms with Crippen molar-refractivity contribution in [3.05, 3.63) is 24.3 Å². The molecule has 29 atom stereocenters. The van der Waals surface area contributed by atoms with E-state index in [-0.39, 0.29) is 43.9 Å². The number of aliphatic hydroxyl groups is 15. The lowest BCUT2D eigenvalue weighted by Gasteiger charge is -2.53. The molecule has 28 nitrogen and oxygen atoms in total. The SMILES string of the molecule is COC1CC(C=CC(=O)OC[C@H]2O[C@@H](O[C@H]3[C@H](OC4CC5C(CC(O)CC5O[C@@H]5O[C@H](CO)[C@@H](O)[C@H](O)[C@H]5O)OC4C4CC(O)C(O)C(O)C4)O[C@H](COC(=O)C=CC4CCC(O)C(OC)C4)[C@@H](O)[C@@H]3O)[C@H](O)[C@@H](O)[C@@H]2O)CCC1O. The van der Waals surface area contributed by atoms with E-state index in [0.717, 1.165) is 6.08 Å².